The highest BCUT2D eigenvalue weighted by Gasteiger charge is 2.20. The van der Waals surface area contributed by atoms with E-state index in [2.05, 4.69) is 26.6 Å². The zero-order chi connectivity index (χ0) is 10.8. The van der Waals surface area contributed by atoms with E-state index >= 15 is 0 Å². The maximum absolute atomic E-state index is 11.9. The van der Waals surface area contributed by atoms with Crippen LogP contribution < -0.4 is 10.6 Å². The van der Waals surface area contributed by atoms with E-state index in [1.807, 2.05) is 25.1 Å². The van der Waals surface area contributed by atoms with Crippen molar-refractivity contribution in [3.05, 3.63) is 33.8 Å². The van der Waals surface area contributed by atoms with Crippen molar-refractivity contribution >= 4 is 21.8 Å². The lowest BCUT2D eigenvalue weighted by molar-refractivity contribution is 0.0923. The molecule has 0 bridgehead atoms. The molecular formula is C11H13BrN2O. The number of carbonyl (C=O) groups excluding carboxylic acids is 1. The second-order valence-corrected chi connectivity index (χ2v) is 4.60. The third kappa shape index (κ3) is 2.21. The molecule has 15 heavy (non-hydrogen) atoms. The summed E-state index contributed by atoms with van der Waals surface area (Å²) in [7, 11) is 0. The fourth-order valence-corrected chi connectivity index (χ4v) is 1.87. The number of rotatable bonds is 2. The van der Waals surface area contributed by atoms with E-state index in [4.69, 9.17) is 0 Å². The van der Waals surface area contributed by atoms with Crippen LogP contribution in [0, 0.1) is 6.92 Å². The Morgan fingerprint density at radius 1 is 1.53 bits per heavy atom. The summed E-state index contributed by atoms with van der Waals surface area (Å²) in [6, 6.07) is 5.96. The largest absolute Gasteiger partial charge is 0.347 e. The van der Waals surface area contributed by atoms with Crippen LogP contribution in [-0.2, 0) is 0 Å². The molecule has 1 fully saturated rings. The fraction of sp³-hybridized carbons (Fsp3) is 0.364. The van der Waals surface area contributed by atoms with Crippen LogP contribution in [-0.4, -0.2) is 25.0 Å². The van der Waals surface area contributed by atoms with Gasteiger partial charge in [-0.3, -0.25) is 4.79 Å². The molecule has 2 rings (SSSR count). The van der Waals surface area contributed by atoms with E-state index in [9.17, 15) is 4.79 Å². The molecule has 80 valence electrons. The number of benzene rings is 1. The van der Waals surface area contributed by atoms with E-state index in [1.54, 1.807) is 0 Å². The Bertz CT molecular complexity index is 388. The average molecular weight is 269 g/mol. The molecule has 4 heteroatoms. The van der Waals surface area contributed by atoms with Gasteiger partial charge in [0.2, 0.25) is 0 Å². The fourth-order valence-electron chi connectivity index (χ4n) is 1.51. The average Bonchev–Trinajstić information content (AvgIpc) is 2.15. The Kier molecular flexibility index (Phi) is 3.07. The zero-order valence-electron chi connectivity index (χ0n) is 8.51. The van der Waals surface area contributed by atoms with Gasteiger partial charge in [-0.05, 0) is 24.6 Å². The van der Waals surface area contributed by atoms with Crippen molar-refractivity contribution in [2.75, 3.05) is 13.1 Å². The van der Waals surface area contributed by atoms with Crippen LogP contribution in [0.2, 0.25) is 0 Å². The molecule has 0 spiro atoms. The Hall–Kier alpha value is -0.870. The highest BCUT2D eigenvalue weighted by atomic mass is 79.9. The van der Waals surface area contributed by atoms with Crippen molar-refractivity contribution in [2.45, 2.75) is 13.0 Å². The summed E-state index contributed by atoms with van der Waals surface area (Å²) in [6.45, 7) is 3.69. The number of carbonyl (C=O) groups is 1. The van der Waals surface area contributed by atoms with Gasteiger partial charge in [0.05, 0.1) is 6.04 Å². The third-order valence-corrected chi connectivity index (χ3v) is 3.49. The number of amides is 1. The number of halogens is 1. The van der Waals surface area contributed by atoms with Crippen molar-refractivity contribution in [2.24, 2.45) is 0 Å². The van der Waals surface area contributed by atoms with Crippen LogP contribution in [0.5, 0.6) is 0 Å². The van der Waals surface area contributed by atoms with Crippen molar-refractivity contribution in [3.8, 4) is 0 Å². The van der Waals surface area contributed by atoms with E-state index in [0.717, 1.165) is 28.7 Å². The van der Waals surface area contributed by atoms with Gasteiger partial charge in [0.1, 0.15) is 0 Å². The standard InChI is InChI=1S/C11H13BrN2O/c1-7-9(3-2-4-10(7)12)11(15)14-8-5-13-6-8/h2-4,8,13H,5-6H2,1H3,(H,14,15). The molecule has 0 saturated carbocycles. The first kappa shape index (κ1) is 10.6. The lowest BCUT2D eigenvalue weighted by Gasteiger charge is -2.28. The Balaban J connectivity index is 2.13. The van der Waals surface area contributed by atoms with Gasteiger partial charge in [-0.1, -0.05) is 22.0 Å². The topological polar surface area (TPSA) is 41.1 Å². The molecule has 3 nitrogen and oxygen atoms in total. The number of hydrogen-bond donors (Lipinski definition) is 2. The van der Waals surface area contributed by atoms with E-state index in [-0.39, 0.29) is 11.9 Å². The molecule has 1 aromatic carbocycles. The van der Waals surface area contributed by atoms with Gasteiger partial charge in [0.15, 0.2) is 0 Å². The maximum Gasteiger partial charge on any atom is 0.251 e. The van der Waals surface area contributed by atoms with Crippen LogP contribution >= 0.6 is 15.9 Å². The van der Waals surface area contributed by atoms with Crippen molar-refractivity contribution in [1.82, 2.24) is 10.6 Å². The van der Waals surface area contributed by atoms with Crippen molar-refractivity contribution < 1.29 is 4.79 Å². The normalized spacial score (nSPS) is 15.9. The molecule has 0 aliphatic carbocycles. The molecule has 2 N–H and O–H groups in total. The monoisotopic (exact) mass is 268 g/mol. The quantitative estimate of drug-likeness (QED) is 0.853. The smallest absolute Gasteiger partial charge is 0.251 e. The molecule has 1 heterocycles. The summed E-state index contributed by atoms with van der Waals surface area (Å²) in [5, 5.41) is 6.10. The molecular weight excluding hydrogens is 256 g/mol. The van der Waals surface area contributed by atoms with Gasteiger partial charge in [-0.15, -0.1) is 0 Å². The predicted molar refractivity (Wildman–Crippen MR) is 63.0 cm³/mol. The van der Waals surface area contributed by atoms with Crippen molar-refractivity contribution in [1.29, 1.82) is 0 Å². The van der Waals surface area contributed by atoms with Gasteiger partial charge in [0, 0.05) is 23.1 Å². The first-order valence-corrected chi connectivity index (χ1v) is 5.74. The summed E-state index contributed by atoms with van der Waals surface area (Å²) in [5.74, 6) is 0.0142. The summed E-state index contributed by atoms with van der Waals surface area (Å²) >= 11 is 3.42. The Morgan fingerprint density at radius 2 is 2.27 bits per heavy atom. The third-order valence-electron chi connectivity index (χ3n) is 2.63. The second-order valence-electron chi connectivity index (χ2n) is 3.74. The van der Waals surface area contributed by atoms with E-state index in [0.29, 0.717) is 0 Å². The van der Waals surface area contributed by atoms with Crippen molar-refractivity contribution in [3.63, 3.8) is 0 Å². The van der Waals surface area contributed by atoms with Crippen LogP contribution in [0.4, 0.5) is 0 Å². The molecule has 0 radical (unpaired) electrons. The molecule has 1 aromatic rings. The van der Waals surface area contributed by atoms with Gasteiger partial charge in [-0.2, -0.15) is 0 Å². The molecule has 1 aliphatic heterocycles. The lowest BCUT2D eigenvalue weighted by atomic mass is 10.1. The Labute approximate surface area is 97.4 Å². The summed E-state index contributed by atoms with van der Waals surface area (Å²) < 4.78 is 0.974. The molecule has 1 aliphatic rings. The van der Waals surface area contributed by atoms with Crippen LogP contribution in [0.1, 0.15) is 15.9 Å². The van der Waals surface area contributed by atoms with Gasteiger partial charge >= 0.3 is 0 Å². The molecule has 0 unspecified atom stereocenters. The van der Waals surface area contributed by atoms with Crippen LogP contribution in [0.15, 0.2) is 22.7 Å². The highest BCUT2D eigenvalue weighted by Crippen LogP contribution is 2.19. The minimum atomic E-state index is 0.0142. The molecule has 1 amide bonds. The minimum Gasteiger partial charge on any atom is -0.347 e. The predicted octanol–water partition coefficient (Wildman–Crippen LogP) is 1.46. The SMILES string of the molecule is Cc1c(Br)cccc1C(=O)NC1CNC1. The lowest BCUT2D eigenvalue weighted by Crippen LogP contribution is -2.57. The molecule has 0 atom stereocenters. The van der Waals surface area contributed by atoms with Gasteiger partial charge in [0.25, 0.3) is 5.91 Å². The minimum absolute atomic E-state index is 0.0142. The Morgan fingerprint density at radius 3 is 2.87 bits per heavy atom. The summed E-state index contributed by atoms with van der Waals surface area (Å²) in [6.07, 6.45) is 0. The first-order chi connectivity index (χ1) is 7.18. The number of nitrogens with one attached hydrogen (secondary N) is 2. The summed E-state index contributed by atoms with van der Waals surface area (Å²) in [4.78, 5) is 11.9. The molecule has 1 saturated heterocycles. The van der Waals surface area contributed by atoms with Crippen LogP contribution in [0.25, 0.3) is 0 Å². The van der Waals surface area contributed by atoms with E-state index in [1.165, 1.54) is 0 Å². The number of hydrogen-bond acceptors (Lipinski definition) is 2. The van der Waals surface area contributed by atoms with Gasteiger partial charge in [-0.25, -0.2) is 0 Å². The van der Waals surface area contributed by atoms with Gasteiger partial charge < -0.3 is 10.6 Å². The molecule has 0 aromatic heterocycles. The first-order valence-electron chi connectivity index (χ1n) is 4.95. The maximum atomic E-state index is 11.9. The summed E-state index contributed by atoms with van der Waals surface area (Å²) in [5.41, 5.74) is 1.73. The zero-order valence-corrected chi connectivity index (χ0v) is 10.1. The highest BCUT2D eigenvalue weighted by molar-refractivity contribution is 9.10. The van der Waals surface area contributed by atoms with Crippen LogP contribution in [0.3, 0.4) is 0 Å². The second kappa shape index (κ2) is 4.33. The van der Waals surface area contributed by atoms with E-state index < -0.39 is 0 Å².